The van der Waals surface area contributed by atoms with Gasteiger partial charge in [0.05, 0.1) is 0 Å². The smallest absolute Gasteiger partial charge is 0.0183 e. The lowest BCUT2D eigenvalue weighted by Crippen LogP contribution is -2.23. The molecule has 0 aliphatic heterocycles. The molecule has 2 rings (SSSR count). The maximum Gasteiger partial charge on any atom is 0.0183 e. The zero-order valence-corrected chi connectivity index (χ0v) is 8.93. The second-order valence-corrected chi connectivity index (χ2v) is 3.52. The molecule has 0 fully saturated rings. The number of nitrogens with one attached hydrogen (secondary N) is 1. The first kappa shape index (κ1) is 10.4. The molecule has 78 valence electrons. The topological polar surface area (TPSA) is 23.9 Å². The van der Waals surface area contributed by atoms with E-state index in [1.807, 2.05) is 36.4 Å². The van der Waals surface area contributed by atoms with Crippen LogP contribution >= 0.6 is 0 Å². The second-order valence-electron chi connectivity index (χ2n) is 3.52. The van der Waals surface area contributed by atoms with Gasteiger partial charge in [-0.25, -0.2) is 0 Å². The number of hydrogen-bond donors (Lipinski definition) is 1. The van der Waals surface area contributed by atoms with Gasteiger partial charge in [0, 0.05) is 6.21 Å². The van der Waals surface area contributed by atoms with Crippen LogP contribution in [-0.4, -0.2) is 6.21 Å². The van der Waals surface area contributed by atoms with E-state index in [2.05, 4.69) is 24.3 Å². The van der Waals surface area contributed by atoms with Gasteiger partial charge in [-0.3, -0.25) is 0 Å². The van der Waals surface area contributed by atoms with Crippen molar-refractivity contribution < 1.29 is 0 Å². The van der Waals surface area contributed by atoms with E-state index in [-0.39, 0.29) is 0 Å². The average Bonchev–Trinajstić information content (AvgIpc) is 2.33. The molecule has 0 spiro atoms. The van der Waals surface area contributed by atoms with Crippen LogP contribution in [0.4, 0.5) is 0 Å². The summed E-state index contributed by atoms with van der Waals surface area (Å²) in [6, 6.07) is 18.3. The fourth-order valence-electron chi connectivity index (χ4n) is 1.61. The molecule has 0 saturated heterocycles. The summed E-state index contributed by atoms with van der Waals surface area (Å²) in [7, 11) is 0. The molecule has 1 N–H and O–H groups in total. The Balaban J connectivity index is 2.61. The molecule has 16 heavy (non-hydrogen) atoms. The highest BCUT2D eigenvalue weighted by Gasteiger charge is 1.86. The normalized spacial score (nSPS) is 12.8. The highest BCUT2D eigenvalue weighted by atomic mass is 14.3. The van der Waals surface area contributed by atoms with E-state index >= 15 is 0 Å². The van der Waals surface area contributed by atoms with Gasteiger partial charge in [0.15, 0.2) is 0 Å². The predicted octanol–water partition coefficient (Wildman–Crippen LogP) is 1.95. The number of hydrogen-bond acceptors (Lipinski definition) is 1. The molecule has 0 unspecified atom stereocenters. The summed E-state index contributed by atoms with van der Waals surface area (Å²) in [5.41, 5.74) is 1.17. The van der Waals surface area contributed by atoms with Crippen molar-refractivity contribution in [1.29, 1.82) is 5.41 Å². The van der Waals surface area contributed by atoms with Gasteiger partial charge in [-0.2, -0.15) is 0 Å². The predicted molar refractivity (Wildman–Crippen MR) is 68.9 cm³/mol. The van der Waals surface area contributed by atoms with Gasteiger partial charge in [0.2, 0.25) is 0 Å². The van der Waals surface area contributed by atoms with Gasteiger partial charge in [-0.15, -0.1) is 0 Å². The van der Waals surface area contributed by atoms with Crippen LogP contribution in [-0.2, 0) is 0 Å². The van der Waals surface area contributed by atoms with Gasteiger partial charge in [0.25, 0.3) is 0 Å². The van der Waals surface area contributed by atoms with Crippen LogP contribution in [0, 0.1) is 5.41 Å². The van der Waals surface area contributed by atoms with Gasteiger partial charge in [-0.05, 0) is 28.2 Å². The maximum absolute atomic E-state index is 7.12. The van der Waals surface area contributed by atoms with Crippen LogP contribution in [0.5, 0.6) is 0 Å². The molecular formula is C15H13N. The van der Waals surface area contributed by atoms with E-state index in [0.29, 0.717) is 0 Å². The van der Waals surface area contributed by atoms with Crippen LogP contribution in [0.1, 0.15) is 5.56 Å². The summed E-state index contributed by atoms with van der Waals surface area (Å²) >= 11 is 0. The average molecular weight is 207 g/mol. The van der Waals surface area contributed by atoms with Crippen molar-refractivity contribution in [2.75, 3.05) is 0 Å². The minimum atomic E-state index is 1.07. The standard InChI is InChI=1S/C15H13N/c16-11-10-14-8-4-5-9-15(14)12-13-6-2-1-3-7-13/h1-12,16H/b14-10-,15-12+,16-11?. The zero-order valence-electron chi connectivity index (χ0n) is 8.93. The van der Waals surface area contributed by atoms with Gasteiger partial charge >= 0.3 is 0 Å². The number of benzene rings is 2. The van der Waals surface area contributed by atoms with Crippen LogP contribution in [0.3, 0.4) is 0 Å². The van der Waals surface area contributed by atoms with Crippen molar-refractivity contribution in [2.24, 2.45) is 0 Å². The van der Waals surface area contributed by atoms with Crippen LogP contribution in [0.15, 0.2) is 54.6 Å². The van der Waals surface area contributed by atoms with Gasteiger partial charge in [-0.1, -0.05) is 54.6 Å². The molecule has 0 aliphatic rings. The van der Waals surface area contributed by atoms with Crippen molar-refractivity contribution in [3.63, 3.8) is 0 Å². The first-order valence-electron chi connectivity index (χ1n) is 5.23. The van der Waals surface area contributed by atoms with E-state index in [1.165, 1.54) is 11.8 Å². The van der Waals surface area contributed by atoms with E-state index in [9.17, 15) is 0 Å². The van der Waals surface area contributed by atoms with E-state index in [1.54, 1.807) is 6.08 Å². The molecule has 0 aromatic heterocycles. The van der Waals surface area contributed by atoms with Crippen LogP contribution in [0.25, 0.3) is 12.2 Å². The summed E-state index contributed by atoms with van der Waals surface area (Å²) in [6.07, 6.45) is 5.24. The quantitative estimate of drug-likeness (QED) is 0.728. The molecular weight excluding hydrogens is 194 g/mol. The largest absolute Gasteiger partial charge is 0.309 e. The molecule has 0 radical (unpaired) electrons. The Bertz CT molecular complexity index is 582. The lowest BCUT2D eigenvalue weighted by molar-refractivity contribution is 1.50. The number of rotatable bonds is 2. The van der Waals surface area contributed by atoms with Crippen LogP contribution < -0.4 is 10.4 Å². The minimum absolute atomic E-state index is 1.07. The summed E-state index contributed by atoms with van der Waals surface area (Å²) < 4.78 is 0. The molecule has 2 aromatic rings. The summed E-state index contributed by atoms with van der Waals surface area (Å²) in [5, 5.41) is 9.33. The van der Waals surface area contributed by atoms with Crippen molar-refractivity contribution in [2.45, 2.75) is 0 Å². The molecule has 0 saturated carbocycles. The molecule has 1 nitrogen and oxygen atoms in total. The third kappa shape index (κ3) is 2.45. The maximum atomic E-state index is 7.12. The monoisotopic (exact) mass is 207 g/mol. The summed E-state index contributed by atoms with van der Waals surface area (Å²) in [4.78, 5) is 0. The van der Waals surface area contributed by atoms with E-state index in [0.717, 1.165) is 10.4 Å². The first-order chi connectivity index (χ1) is 7.90. The molecule has 0 amide bonds. The molecule has 0 aliphatic carbocycles. The Hall–Kier alpha value is -2.15. The third-order valence-corrected chi connectivity index (χ3v) is 2.38. The molecule has 0 heterocycles. The van der Waals surface area contributed by atoms with Gasteiger partial charge < -0.3 is 5.41 Å². The van der Waals surface area contributed by atoms with Crippen molar-refractivity contribution in [1.82, 2.24) is 0 Å². The third-order valence-electron chi connectivity index (χ3n) is 2.38. The molecule has 0 atom stereocenters. The second kappa shape index (κ2) is 5.08. The highest BCUT2D eigenvalue weighted by molar-refractivity contribution is 5.88. The highest BCUT2D eigenvalue weighted by Crippen LogP contribution is 1.97. The summed E-state index contributed by atoms with van der Waals surface area (Å²) in [6.45, 7) is 0. The Morgan fingerprint density at radius 1 is 0.750 bits per heavy atom. The summed E-state index contributed by atoms with van der Waals surface area (Å²) in [5.74, 6) is 0. The minimum Gasteiger partial charge on any atom is -0.309 e. The molecule has 0 bridgehead atoms. The lowest BCUT2D eigenvalue weighted by Gasteiger charge is -1.92. The fourth-order valence-corrected chi connectivity index (χ4v) is 1.61. The lowest BCUT2D eigenvalue weighted by atomic mass is 10.1. The molecule has 1 heteroatoms. The van der Waals surface area contributed by atoms with Gasteiger partial charge in [0.1, 0.15) is 0 Å². The van der Waals surface area contributed by atoms with Crippen molar-refractivity contribution in [3.05, 3.63) is 70.6 Å². The molecule has 2 aromatic carbocycles. The van der Waals surface area contributed by atoms with Crippen molar-refractivity contribution >= 4 is 18.4 Å². The Morgan fingerprint density at radius 3 is 2.06 bits per heavy atom. The van der Waals surface area contributed by atoms with E-state index in [4.69, 9.17) is 5.41 Å². The van der Waals surface area contributed by atoms with Crippen molar-refractivity contribution in [3.8, 4) is 0 Å². The Kier molecular flexibility index (Phi) is 3.29. The zero-order chi connectivity index (χ0) is 11.2. The Morgan fingerprint density at radius 2 is 1.38 bits per heavy atom. The van der Waals surface area contributed by atoms with Crippen LogP contribution in [0.2, 0.25) is 0 Å². The first-order valence-corrected chi connectivity index (χ1v) is 5.23. The SMILES string of the molecule is N=C/C=c1/cccc/c1=C\c1ccccc1. The van der Waals surface area contributed by atoms with E-state index < -0.39 is 0 Å². The Labute approximate surface area is 94.9 Å². The fraction of sp³-hybridized carbons (Fsp3) is 0.